The van der Waals surface area contributed by atoms with E-state index in [0.717, 1.165) is 11.5 Å². The molecule has 0 radical (unpaired) electrons. The van der Waals surface area contributed by atoms with Crippen LogP contribution in [0.25, 0.3) is 0 Å². The van der Waals surface area contributed by atoms with Gasteiger partial charge in [0.1, 0.15) is 0 Å². The highest BCUT2D eigenvalue weighted by Crippen LogP contribution is 2.35. The fourth-order valence-corrected chi connectivity index (χ4v) is 3.30. The summed E-state index contributed by atoms with van der Waals surface area (Å²) >= 11 is 0. The van der Waals surface area contributed by atoms with Gasteiger partial charge in [-0.15, -0.1) is 0 Å². The van der Waals surface area contributed by atoms with Crippen LogP contribution < -0.4 is 0 Å². The average Bonchev–Trinajstić information content (AvgIpc) is 2.59. The molecule has 1 fully saturated rings. The summed E-state index contributed by atoms with van der Waals surface area (Å²) in [6.45, 7) is 10.9. The minimum absolute atomic E-state index is 0.0970. The van der Waals surface area contributed by atoms with E-state index in [0.29, 0.717) is 18.8 Å². The Morgan fingerprint density at radius 1 is 1.00 bits per heavy atom. The second-order valence-corrected chi connectivity index (χ2v) is 7.21. The number of benzene rings is 1. The molecule has 1 saturated carbocycles. The third-order valence-electron chi connectivity index (χ3n) is 5.06. The molecule has 0 nitrogen and oxygen atoms in total. The molecule has 0 N–H and O–H groups in total. The zero-order chi connectivity index (χ0) is 17.7. The molecule has 1 aromatic carbocycles. The molecular weight excluding hydrogens is 302 g/mol. The monoisotopic (exact) mass is 330 g/mol. The summed E-state index contributed by atoms with van der Waals surface area (Å²) in [6.07, 6.45) is 6.24. The fraction of sp³-hybridized carbons (Fsp3) is 0.455. The van der Waals surface area contributed by atoms with Crippen molar-refractivity contribution < 1.29 is 8.78 Å². The van der Waals surface area contributed by atoms with Crippen LogP contribution >= 0.6 is 0 Å². The Morgan fingerprint density at radius 3 is 2.12 bits per heavy atom. The highest BCUT2D eigenvalue weighted by Gasteiger charge is 2.19. The van der Waals surface area contributed by atoms with E-state index >= 15 is 0 Å². The largest absolute Gasteiger partial charge is 0.203 e. The fourth-order valence-electron chi connectivity index (χ4n) is 3.30. The molecule has 1 aliphatic rings. The van der Waals surface area contributed by atoms with E-state index in [4.69, 9.17) is 0 Å². The number of hydrogen-bond donors (Lipinski definition) is 0. The van der Waals surface area contributed by atoms with Gasteiger partial charge in [0.2, 0.25) is 0 Å². The van der Waals surface area contributed by atoms with Crippen LogP contribution in [0, 0.1) is 5.92 Å². The van der Waals surface area contributed by atoms with Crippen LogP contribution in [-0.2, 0) is 6.42 Å². The van der Waals surface area contributed by atoms with E-state index in [1.807, 2.05) is 0 Å². The number of aryl methyl sites for hydroxylation is 1. The van der Waals surface area contributed by atoms with Gasteiger partial charge >= 0.3 is 0 Å². The van der Waals surface area contributed by atoms with Crippen LogP contribution in [0.5, 0.6) is 0 Å². The first-order valence-electron chi connectivity index (χ1n) is 8.86. The molecule has 2 rings (SSSR count). The second kappa shape index (κ2) is 8.41. The lowest BCUT2D eigenvalue weighted by atomic mass is 9.79. The Kier molecular flexibility index (Phi) is 6.53. The van der Waals surface area contributed by atoms with Crippen molar-refractivity contribution in [2.24, 2.45) is 5.92 Å². The van der Waals surface area contributed by atoms with Crippen molar-refractivity contribution in [3.63, 3.8) is 0 Å². The van der Waals surface area contributed by atoms with Crippen LogP contribution in [-0.4, -0.2) is 0 Å². The quantitative estimate of drug-likeness (QED) is 0.484. The maximum absolute atomic E-state index is 13.8. The van der Waals surface area contributed by atoms with Crippen LogP contribution in [0.3, 0.4) is 0 Å². The minimum Gasteiger partial charge on any atom is -0.203 e. The molecule has 24 heavy (non-hydrogen) atoms. The molecule has 0 aliphatic heterocycles. The first-order valence-corrected chi connectivity index (χ1v) is 8.86. The van der Waals surface area contributed by atoms with Gasteiger partial charge < -0.3 is 0 Å². The maximum atomic E-state index is 13.8. The Hall–Kier alpha value is -1.70. The van der Waals surface area contributed by atoms with Gasteiger partial charge in [-0.3, -0.25) is 0 Å². The Morgan fingerprint density at radius 2 is 1.58 bits per heavy atom. The predicted octanol–water partition coefficient (Wildman–Crippen LogP) is 7.20. The van der Waals surface area contributed by atoms with Crippen molar-refractivity contribution in [3.8, 4) is 0 Å². The van der Waals surface area contributed by atoms with E-state index in [-0.39, 0.29) is 11.1 Å². The van der Waals surface area contributed by atoms with Crippen LogP contribution in [0.1, 0.15) is 63.0 Å². The molecule has 0 amide bonds. The summed E-state index contributed by atoms with van der Waals surface area (Å²) in [7, 11) is 0. The van der Waals surface area contributed by atoms with Crippen molar-refractivity contribution >= 4 is 0 Å². The second-order valence-electron chi connectivity index (χ2n) is 7.21. The van der Waals surface area contributed by atoms with E-state index in [2.05, 4.69) is 44.3 Å². The van der Waals surface area contributed by atoms with Crippen LogP contribution in [0.4, 0.5) is 8.78 Å². The number of rotatable bonds is 6. The van der Waals surface area contributed by atoms with Crippen molar-refractivity contribution in [3.05, 3.63) is 71.4 Å². The number of allylic oxidation sites excluding steroid dienone is 4. The number of hydrogen-bond acceptors (Lipinski definition) is 0. The third-order valence-corrected chi connectivity index (χ3v) is 5.06. The van der Waals surface area contributed by atoms with Gasteiger partial charge in [-0.1, -0.05) is 57.2 Å². The molecule has 0 atom stereocenters. The smallest absolute Gasteiger partial charge is 0.161 e. The zero-order valence-electron chi connectivity index (χ0n) is 14.9. The molecule has 0 unspecified atom stereocenters. The molecule has 0 aromatic heterocycles. The molecule has 2 heteroatoms. The van der Waals surface area contributed by atoms with Crippen LogP contribution in [0.2, 0.25) is 0 Å². The lowest BCUT2D eigenvalue weighted by molar-refractivity contribution is 0.348. The third kappa shape index (κ3) is 4.90. The van der Waals surface area contributed by atoms with Gasteiger partial charge in [-0.25, -0.2) is 8.78 Å². The number of halogens is 2. The Bertz CT molecular complexity index is 614. The van der Waals surface area contributed by atoms with Gasteiger partial charge in [-0.05, 0) is 66.7 Å². The normalized spacial score (nSPS) is 22.0. The summed E-state index contributed by atoms with van der Waals surface area (Å²) in [5, 5.41) is 0. The van der Waals surface area contributed by atoms with E-state index < -0.39 is 11.7 Å². The van der Waals surface area contributed by atoms with Gasteiger partial charge in [0.05, 0.1) is 0 Å². The lowest BCUT2D eigenvalue weighted by Crippen LogP contribution is -2.10. The van der Waals surface area contributed by atoms with Gasteiger partial charge in [0, 0.05) is 0 Å². The molecule has 0 saturated heterocycles. The first-order chi connectivity index (χ1) is 11.4. The predicted molar refractivity (Wildman–Crippen MR) is 98.3 cm³/mol. The molecule has 1 aromatic rings. The Balaban J connectivity index is 1.91. The molecule has 130 valence electrons. The Labute approximate surface area is 145 Å². The van der Waals surface area contributed by atoms with Crippen molar-refractivity contribution in [2.45, 2.75) is 58.3 Å². The summed E-state index contributed by atoms with van der Waals surface area (Å²) in [5.41, 5.74) is 2.83. The van der Waals surface area contributed by atoms with E-state index in [9.17, 15) is 8.78 Å². The zero-order valence-corrected chi connectivity index (χ0v) is 14.9. The minimum atomic E-state index is -0.887. The average molecular weight is 330 g/mol. The van der Waals surface area contributed by atoms with Crippen LogP contribution in [0.15, 0.2) is 60.2 Å². The maximum Gasteiger partial charge on any atom is 0.161 e. The van der Waals surface area contributed by atoms with Crippen molar-refractivity contribution in [2.75, 3.05) is 0 Å². The molecule has 1 aliphatic carbocycles. The molecule has 0 heterocycles. The highest BCUT2D eigenvalue weighted by molar-refractivity contribution is 5.34. The van der Waals surface area contributed by atoms with Gasteiger partial charge in [0.25, 0.3) is 0 Å². The summed E-state index contributed by atoms with van der Waals surface area (Å²) < 4.78 is 27.4. The molecular formula is C22H28F2. The van der Waals surface area contributed by atoms with E-state index in [1.165, 1.54) is 38.2 Å². The standard InChI is InChI=1S/C22H28F2/c1-15(2)21(23)22(24)17(4)7-8-18-9-13-20(14-10-18)19-11-5-16(3)6-12-19/h9-10,13-14,16,19H,1,4-8,11-12H2,2-3H3/b22-21-. The van der Waals surface area contributed by atoms with Crippen molar-refractivity contribution in [1.29, 1.82) is 0 Å². The summed E-state index contributed by atoms with van der Waals surface area (Å²) in [5.74, 6) is -0.221. The molecule has 0 spiro atoms. The first kappa shape index (κ1) is 18.6. The summed E-state index contributed by atoms with van der Waals surface area (Å²) in [4.78, 5) is 0. The summed E-state index contributed by atoms with van der Waals surface area (Å²) in [6, 6.07) is 8.60. The lowest BCUT2D eigenvalue weighted by Gasteiger charge is -2.26. The van der Waals surface area contributed by atoms with Crippen molar-refractivity contribution in [1.82, 2.24) is 0 Å². The van der Waals surface area contributed by atoms with Gasteiger partial charge in [0.15, 0.2) is 11.7 Å². The highest BCUT2D eigenvalue weighted by atomic mass is 19.2. The van der Waals surface area contributed by atoms with Gasteiger partial charge in [-0.2, -0.15) is 0 Å². The topological polar surface area (TPSA) is 0 Å². The van der Waals surface area contributed by atoms with E-state index in [1.54, 1.807) is 0 Å². The SMILES string of the molecule is C=C(C)/C(F)=C(/F)C(=C)CCc1ccc(C2CCC(C)CC2)cc1. The molecule has 0 bridgehead atoms.